The van der Waals surface area contributed by atoms with Crippen LogP contribution in [0.4, 0.5) is 0 Å². The number of rotatable bonds is 5. The van der Waals surface area contributed by atoms with Gasteiger partial charge >= 0.3 is 5.97 Å². The molecule has 0 radical (unpaired) electrons. The molecule has 98 valence electrons. The molecule has 1 amide bonds. The lowest BCUT2D eigenvalue weighted by atomic mass is 9.87. The largest absolute Gasteiger partial charge is 0.481 e. The smallest absolute Gasteiger partial charge is 0.311 e. The normalized spacial score (nSPS) is 27.5. The van der Waals surface area contributed by atoms with Crippen LogP contribution in [0.25, 0.3) is 0 Å². The summed E-state index contributed by atoms with van der Waals surface area (Å²) in [5.74, 6) is -0.642. The van der Waals surface area contributed by atoms with E-state index in [0.717, 1.165) is 13.0 Å². The predicted molar refractivity (Wildman–Crippen MR) is 64.6 cm³/mol. The van der Waals surface area contributed by atoms with Crippen LogP contribution in [0.2, 0.25) is 0 Å². The van der Waals surface area contributed by atoms with Crippen LogP contribution in [0.1, 0.15) is 33.6 Å². The molecule has 0 aromatic rings. The summed E-state index contributed by atoms with van der Waals surface area (Å²) in [5, 5.41) is 15.0. The highest BCUT2D eigenvalue weighted by atomic mass is 16.4. The fourth-order valence-electron chi connectivity index (χ4n) is 1.93. The minimum Gasteiger partial charge on any atom is -0.481 e. The molecule has 0 aliphatic carbocycles. The molecule has 5 heteroatoms. The summed E-state index contributed by atoms with van der Waals surface area (Å²) in [6, 6.07) is -0.176. The van der Waals surface area contributed by atoms with Crippen molar-refractivity contribution in [3.8, 4) is 0 Å². The third-order valence-electron chi connectivity index (χ3n) is 3.76. The Kier molecular flexibility index (Phi) is 4.51. The van der Waals surface area contributed by atoms with E-state index < -0.39 is 11.4 Å². The zero-order valence-electron chi connectivity index (χ0n) is 10.7. The van der Waals surface area contributed by atoms with Crippen LogP contribution in [0.15, 0.2) is 0 Å². The van der Waals surface area contributed by atoms with Crippen LogP contribution < -0.4 is 10.6 Å². The van der Waals surface area contributed by atoms with Crippen molar-refractivity contribution in [2.45, 2.75) is 39.7 Å². The molecule has 0 spiro atoms. The number of carbonyl (C=O) groups is 2. The molecule has 1 fully saturated rings. The maximum atomic E-state index is 11.9. The van der Waals surface area contributed by atoms with Gasteiger partial charge < -0.3 is 15.7 Å². The predicted octanol–water partition coefficient (Wildman–Crippen LogP) is 0.601. The first-order chi connectivity index (χ1) is 7.90. The lowest BCUT2D eigenvalue weighted by Gasteiger charge is -2.25. The van der Waals surface area contributed by atoms with Crippen molar-refractivity contribution in [2.75, 3.05) is 13.1 Å². The summed E-state index contributed by atoms with van der Waals surface area (Å²) in [6.45, 7) is 6.53. The highest BCUT2D eigenvalue weighted by Gasteiger charge is 2.34. The number of nitrogens with one attached hydrogen (secondary N) is 2. The van der Waals surface area contributed by atoms with E-state index in [1.807, 2.05) is 13.8 Å². The minimum absolute atomic E-state index is 0.0871. The van der Waals surface area contributed by atoms with E-state index in [2.05, 4.69) is 10.6 Å². The fraction of sp³-hybridized carbons (Fsp3) is 0.833. The molecule has 0 bridgehead atoms. The van der Waals surface area contributed by atoms with Crippen LogP contribution in [0, 0.1) is 11.3 Å². The number of aliphatic carboxylic acids is 1. The molecule has 3 N–H and O–H groups in total. The van der Waals surface area contributed by atoms with Gasteiger partial charge in [0.1, 0.15) is 0 Å². The standard InChI is InChI=1S/C12H22N2O3/c1-4-12(3,11(16)17)7-14-10(15)9-8(2)5-6-13-9/h8-9,13H,4-7H2,1-3H3,(H,14,15)(H,16,17). The van der Waals surface area contributed by atoms with E-state index >= 15 is 0 Å². The van der Waals surface area contributed by atoms with Crippen molar-refractivity contribution in [3.63, 3.8) is 0 Å². The molecular weight excluding hydrogens is 220 g/mol. The summed E-state index contributed by atoms with van der Waals surface area (Å²) < 4.78 is 0. The number of carboxylic acid groups (broad SMARTS) is 1. The molecular formula is C12H22N2O3. The Balaban J connectivity index is 2.50. The van der Waals surface area contributed by atoms with Gasteiger partial charge in [-0.3, -0.25) is 9.59 Å². The van der Waals surface area contributed by atoms with Crippen LogP contribution in [-0.4, -0.2) is 36.1 Å². The summed E-state index contributed by atoms with van der Waals surface area (Å²) in [4.78, 5) is 23.0. The van der Waals surface area contributed by atoms with Crippen LogP contribution in [0.3, 0.4) is 0 Å². The third-order valence-corrected chi connectivity index (χ3v) is 3.76. The van der Waals surface area contributed by atoms with Gasteiger partial charge in [-0.1, -0.05) is 13.8 Å². The summed E-state index contributed by atoms with van der Waals surface area (Å²) in [5.41, 5.74) is -0.877. The van der Waals surface area contributed by atoms with Crippen molar-refractivity contribution in [1.29, 1.82) is 0 Å². The molecule has 0 aromatic carbocycles. The van der Waals surface area contributed by atoms with Gasteiger partial charge in [0, 0.05) is 6.54 Å². The molecule has 1 rings (SSSR count). The highest BCUT2D eigenvalue weighted by Crippen LogP contribution is 2.20. The maximum Gasteiger partial charge on any atom is 0.311 e. The first-order valence-electron chi connectivity index (χ1n) is 6.15. The third kappa shape index (κ3) is 3.19. The average Bonchev–Trinajstić information content (AvgIpc) is 2.71. The Hall–Kier alpha value is -1.10. The maximum absolute atomic E-state index is 11.9. The first-order valence-corrected chi connectivity index (χ1v) is 6.15. The molecule has 1 aliphatic heterocycles. The van der Waals surface area contributed by atoms with Crippen molar-refractivity contribution in [2.24, 2.45) is 11.3 Å². The lowest BCUT2D eigenvalue weighted by molar-refractivity contribution is -0.148. The number of hydrogen-bond donors (Lipinski definition) is 3. The zero-order chi connectivity index (χ0) is 13.1. The Bertz CT molecular complexity index is 306. The second-order valence-corrected chi connectivity index (χ2v) is 5.13. The van der Waals surface area contributed by atoms with E-state index in [0.29, 0.717) is 12.3 Å². The van der Waals surface area contributed by atoms with Crippen molar-refractivity contribution in [3.05, 3.63) is 0 Å². The molecule has 3 atom stereocenters. The highest BCUT2D eigenvalue weighted by molar-refractivity contribution is 5.83. The Morgan fingerprint density at radius 1 is 1.53 bits per heavy atom. The van der Waals surface area contributed by atoms with Gasteiger partial charge in [-0.2, -0.15) is 0 Å². The van der Waals surface area contributed by atoms with Crippen LogP contribution >= 0.6 is 0 Å². The van der Waals surface area contributed by atoms with Gasteiger partial charge in [0.2, 0.25) is 5.91 Å². The quantitative estimate of drug-likeness (QED) is 0.659. The van der Waals surface area contributed by atoms with Gasteiger partial charge in [-0.05, 0) is 32.2 Å². The number of amides is 1. The molecule has 5 nitrogen and oxygen atoms in total. The second kappa shape index (κ2) is 5.49. The number of carbonyl (C=O) groups excluding carboxylic acids is 1. The second-order valence-electron chi connectivity index (χ2n) is 5.13. The molecule has 0 aromatic heterocycles. The van der Waals surface area contributed by atoms with Gasteiger partial charge in [-0.15, -0.1) is 0 Å². The van der Waals surface area contributed by atoms with Crippen LogP contribution in [-0.2, 0) is 9.59 Å². The summed E-state index contributed by atoms with van der Waals surface area (Å²) in [7, 11) is 0. The SMILES string of the molecule is CCC(C)(CNC(=O)C1NCCC1C)C(=O)O. The molecule has 0 saturated carbocycles. The average molecular weight is 242 g/mol. The first kappa shape index (κ1) is 14.0. The lowest BCUT2D eigenvalue weighted by Crippen LogP contribution is -2.48. The Morgan fingerprint density at radius 2 is 2.18 bits per heavy atom. The van der Waals surface area contributed by atoms with Crippen molar-refractivity contribution < 1.29 is 14.7 Å². The monoisotopic (exact) mass is 242 g/mol. The minimum atomic E-state index is -0.877. The van der Waals surface area contributed by atoms with Gasteiger partial charge in [0.15, 0.2) is 0 Å². The molecule has 17 heavy (non-hydrogen) atoms. The molecule has 1 heterocycles. The fourth-order valence-corrected chi connectivity index (χ4v) is 1.93. The summed E-state index contributed by atoms with van der Waals surface area (Å²) in [6.07, 6.45) is 1.48. The van der Waals surface area contributed by atoms with E-state index in [9.17, 15) is 9.59 Å². The Labute approximate surface area is 102 Å². The van der Waals surface area contributed by atoms with E-state index in [-0.39, 0.29) is 18.5 Å². The van der Waals surface area contributed by atoms with E-state index in [4.69, 9.17) is 5.11 Å². The zero-order valence-corrected chi connectivity index (χ0v) is 10.7. The van der Waals surface area contributed by atoms with E-state index in [1.54, 1.807) is 6.92 Å². The Morgan fingerprint density at radius 3 is 2.59 bits per heavy atom. The molecule has 3 unspecified atom stereocenters. The number of carboxylic acids is 1. The van der Waals surface area contributed by atoms with Gasteiger partial charge in [-0.25, -0.2) is 0 Å². The summed E-state index contributed by atoms with van der Waals surface area (Å²) >= 11 is 0. The van der Waals surface area contributed by atoms with Gasteiger partial charge in [0.05, 0.1) is 11.5 Å². The molecule has 1 saturated heterocycles. The topological polar surface area (TPSA) is 78.4 Å². The van der Waals surface area contributed by atoms with Crippen LogP contribution in [0.5, 0.6) is 0 Å². The van der Waals surface area contributed by atoms with Crippen molar-refractivity contribution >= 4 is 11.9 Å². The van der Waals surface area contributed by atoms with Crippen molar-refractivity contribution in [1.82, 2.24) is 10.6 Å². The molecule has 1 aliphatic rings. The van der Waals surface area contributed by atoms with E-state index in [1.165, 1.54) is 0 Å². The van der Waals surface area contributed by atoms with Gasteiger partial charge in [0.25, 0.3) is 0 Å². The number of hydrogen-bond acceptors (Lipinski definition) is 3.